The summed E-state index contributed by atoms with van der Waals surface area (Å²) in [5.41, 5.74) is 0.536. The van der Waals surface area contributed by atoms with E-state index in [0.29, 0.717) is 30.3 Å². The molecule has 21 heavy (non-hydrogen) atoms. The summed E-state index contributed by atoms with van der Waals surface area (Å²) >= 11 is 5.87. The van der Waals surface area contributed by atoms with E-state index < -0.39 is 6.61 Å². The summed E-state index contributed by atoms with van der Waals surface area (Å²) in [7, 11) is 1.77. The maximum absolute atomic E-state index is 12.3. The fourth-order valence-corrected chi connectivity index (χ4v) is 1.96. The topological polar surface area (TPSA) is 38.8 Å². The van der Waals surface area contributed by atoms with Crippen molar-refractivity contribution in [3.8, 4) is 5.75 Å². The number of hydrogen-bond donors (Lipinski definition) is 0. The first-order chi connectivity index (χ1) is 9.92. The highest BCUT2D eigenvalue weighted by molar-refractivity contribution is 6.30. The summed E-state index contributed by atoms with van der Waals surface area (Å²) in [4.78, 5) is 13.1. The number of nitrogens with zero attached hydrogens (tertiary/aromatic N) is 1. The Morgan fingerprint density at radius 2 is 2.14 bits per heavy atom. The van der Waals surface area contributed by atoms with Gasteiger partial charge in [-0.1, -0.05) is 11.6 Å². The number of ether oxygens (including phenoxy) is 2. The molecule has 0 aliphatic carbocycles. The predicted octanol–water partition coefficient (Wildman–Crippen LogP) is 3.33. The highest BCUT2D eigenvalue weighted by Gasteiger charge is 2.13. The molecule has 0 bridgehead atoms. The Kier molecular flexibility index (Phi) is 7.39. The molecule has 0 aromatic heterocycles. The first kappa shape index (κ1) is 17.7. The van der Waals surface area contributed by atoms with Crippen LogP contribution in [0, 0.1) is 0 Å². The van der Waals surface area contributed by atoms with E-state index in [9.17, 15) is 13.6 Å². The van der Waals surface area contributed by atoms with E-state index in [4.69, 9.17) is 16.3 Å². The largest absolute Gasteiger partial charge is 0.466 e. The van der Waals surface area contributed by atoms with Crippen LogP contribution in [-0.2, 0) is 16.1 Å². The normalized spacial score (nSPS) is 11.0. The maximum atomic E-state index is 12.3. The van der Waals surface area contributed by atoms with Gasteiger partial charge in [0.05, 0.1) is 13.0 Å². The molecular weight excluding hydrogens is 304 g/mol. The Morgan fingerprint density at radius 3 is 2.76 bits per heavy atom. The van der Waals surface area contributed by atoms with Gasteiger partial charge in [0, 0.05) is 23.7 Å². The van der Waals surface area contributed by atoms with Crippen LogP contribution in [0.15, 0.2) is 18.2 Å². The number of hydrogen-bond acceptors (Lipinski definition) is 4. The average Bonchev–Trinajstić information content (AvgIpc) is 2.39. The summed E-state index contributed by atoms with van der Waals surface area (Å²) in [5, 5.41) is 0.436. The van der Waals surface area contributed by atoms with E-state index in [1.54, 1.807) is 24.9 Å². The maximum Gasteiger partial charge on any atom is 0.387 e. The predicted molar refractivity (Wildman–Crippen MR) is 75.7 cm³/mol. The average molecular weight is 322 g/mol. The van der Waals surface area contributed by atoms with Crippen LogP contribution in [0.1, 0.15) is 18.9 Å². The molecule has 1 aromatic carbocycles. The third-order valence-corrected chi connectivity index (χ3v) is 2.92. The summed E-state index contributed by atoms with van der Waals surface area (Å²) < 4.78 is 34.0. The summed E-state index contributed by atoms with van der Waals surface area (Å²) in [6.45, 7) is -0.0403. The van der Waals surface area contributed by atoms with Crippen LogP contribution in [0.5, 0.6) is 5.75 Å². The highest BCUT2D eigenvalue weighted by atomic mass is 35.5. The smallest absolute Gasteiger partial charge is 0.387 e. The number of rotatable bonds is 8. The molecule has 0 radical (unpaired) electrons. The van der Waals surface area contributed by atoms with Gasteiger partial charge >= 0.3 is 12.6 Å². The molecule has 1 aromatic rings. The molecule has 118 valence electrons. The standard InChI is InChI=1S/C14H18ClF2NO3/c1-3-20-13(19)6-7-18(2)9-10-8-11(15)4-5-12(10)21-14(16)17/h4-5,8,14H,3,6-7,9H2,1-2H3. The SMILES string of the molecule is CCOC(=O)CCN(C)Cc1cc(Cl)ccc1OC(F)F. The van der Waals surface area contributed by atoms with Gasteiger partial charge in [-0.25, -0.2) is 0 Å². The van der Waals surface area contributed by atoms with Crippen LogP contribution >= 0.6 is 11.6 Å². The minimum atomic E-state index is -2.89. The van der Waals surface area contributed by atoms with E-state index in [1.165, 1.54) is 12.1 Å². The summed E-state index contributed by atoms with van der Waals surface area (Å²) in [6.07, 6.45) is 0.232. The Bertz CT molecular complexity index is 472. The van der Waals surface area contributed by atoms with Gasteiger partial charge < -0.3 is 14.4 Å². The van der Waals surface area contributed by atoms with Crippen molar-refractivity contribution >= 4 is 17.6 Å². The molecule has 0 N–H and O–H groups in total. The third kappa shape index (κ3) is 6.73. The van der Waals surface area contributed by atoms with Crippen molar-refractivity contribution in [1.82, 2.24) is 4.90 Å². The van der Waals surface area contributed by atoms with Gasteiger partial charge in [0.15, 0.2) is 0 Å². The molecule has 0 spiro atoms. The van der Waals surface area contributed by atoms with Crippen LogP contribution in [0.25, 0.3) is 0 Å². The second-order valence-corrected chi connectivity index (χ2v) is 4.86. The zero-order valence-corrected chi connectivity index (χ0v) is 12.7. The molecule has 0 aliphatic heterocycles. The Labute approximate surface area is 127 Å². The number of halogens is 3. The minimum Gasteiger partial charge on any atom is -0.466 e. The molecule has 1 rings (SSSR count). The molecule has 0 heterocycles. The number of alkyl halides is 2. The third-order valence-electron chi connectivity index (χ3n) is 2.68. The van der Waals surface area contributed by atoms with Crippen molar-refractivity contribution in [1.29, 1.82) is 0 Å². The molecule has 0 atom stereocenters. The molecule has 4 nitrogen and oxygen atoms in total. The zero-order valence-electron chi connectivity index (χ0n) is 11.9. The van der Waals surface area contributed by atoms with Crippen molar-refractivity contribution in [2.45, 2.75) is 26.5 Å². The quantitative estimate of drug-likeness (QED) is 0.688. The number of carbonyl (C=O) groups excluding carboxylic acids is 1. The first-order valence-electron chi connectivity index (χ1n) is 6.49. The lowest BCUT2D eigenvalue weighted by atomic mass is 10.2. The van der Waals surface area contributed by atoms with Gasteiger partial charge in [0.1, 0.15) is 5.75 Å². The van der Waals surface area contributed by atoms with E-state index in [1.807, 2.05) is 0 Å². The number of carbonyl (C=O) groups is 1. The van der Waals surface area contributed by atoms with Gasteiger partial charge in [0.25, 0.3) is 0 Å². The number of benzene rings is 1. The minimum absolute atomic E-state index is 0.0809. The van der Waals surface area contributed by atoms with Crippen molar-refractivity contribution in [3.63, 3.8) is 0 Å². The molecule has 0 aliphatic rings. The lowest BCUT2D eigenvalue weighted by Crippen LogP contribution is -2.22. The van der Waals surface area contributed by atoms with Crippen LogP contribution in [0.2, 0.25) is 5.02 Å². The Balaban J connectivity index is 2.63. The van der Waals surface area contributed by atoms with Gasteiger partial charge in [-0.05, 0) is 32.2 Å². The van der Waals surface area contributed by atoms with Crippen molar-refractivity contribution in [2.75, 3.05) is 20.2 Å². The van der Waals surface area contributed by atoms with Crippen LogP contribution < -0.4 is 4.74 Å². The van der Waals surface area contributed by atoms with Crippen LogP contribution in [0.4, 0.5) is 8.78 Å². The van der Waals surface area contributed by atoms with Crippen molar-refractivity contribution in [2.24, 2.45) is 0 Å². The monoisotopic (exact) mass is 321 g/mol. The molecule has 0 saturated heterocycles. The molecule has 0 saturated carbocycles. The van der Waals surface area contributed by atoms with E-state index in [-0.39, 0.29) is 18.1 Å². The molecule has 0 unspecified atom stereocenters. The van der Waals surface area contributed by atoms with E-state index in [2.05, 4.69) is 4.74 Å². The van der Waals surface area contributed by atoms with Crippen LogP contribution in [-0.4, -0.2) is 37.7 Å². The van der Waals surface area contributed by atoms with Gasteiger partial charge in [-0.2, -0.15) is 8.78 Å². The molecular formula is C14H18ClF2NO3. The first-order valence-corrected chi connectivity index (χ1v) is 6.87. The highest BCUT2D eigenvalue weighted by Crippen LogP contribution is 2.25. The second-order valence-electron chi connectivity index (χ2n) is 4.42. The second kappa shape index (κ2) is 8.79. The van der Waals surface area contributed by atoms with Gasteiger partial charge in [-0.15, -0.1) is 0 Å². The molecule has 7 heteroatoms. The van der Waals surface area contributed by atoms with E-state index >= 15 is 0 Å². The summed E-state index contributed by atoms with van der Waals surface area (Å²) in [5.74, 6) is -0.211. The Morgan fingerprint density at radius 1 is 1.43 bits per heavy atom. The lowest BCUT2D eigenvalue weighted by molar-refractivity contribution is -0.143. The molecule has 0 amide bonds. The van der Waals surface area contributed by atoms with Gasteiger partial charge in [0.2, 0.25) is 0 Å². The zero-order chi connectivity index (χ0) is 15.8. The molecule has 0 fully saturated rings. The lowest BCUT2D eigenvalue weighted by Gasteiger charge is -2.18. The van der Waals surface area contributed by atoms with Gasteiger partial charge in [-0.3, -0.25) is 4.79 Å². The van der Waals surface area contributed by atoms with Crippen molar-refractivity contribution < 1.29 is 23.0 Å². The van der Waals surface area contributed by atoms with E-state index in [0.717, 1.165) is 0 Å². The summed E-state index contributed by atoms with van der Waals surface area (Å²) in [6, 6.07) is 4.46. The number of esters is 1. The van der Waals surface area contributed by atoms with Crippen LogP contribution in [0.3, 0.4) is 0 Å². The Hall–Kier alpha value is -1.40. The fourth-order valence-electron chi connectivity index (χ4n) is 1.77. The fraction of sp³-hybridized carbons (Fsp3) is 0.500. The van der Waals surface area contributed by atoms with Crippen molar-refractivity contribution in [3.05, 3.63) is 28.8 Å².